The highest BCUT2D eigenvalue weighted by molar-refractivity contribution is 8.03. The van der Waals surface area contributed by atoms with Gasteiger partial charge in [0.2, 0.25) is 0 Å². The van der Waals surface area contributed by atoms with E-state index in [1.807, 2.05) is 6.07 Å². The van der Waals surface area contributed by atoms with Gasteiger partial charge >= 0.3 is 6.18 Å². The molecular weight excluding hydrogens is 355 g/mol. The number of halogens is 3. The van der Waals surface area contributed by atoms with E-state index >= 15 is 0 Å². The van der Waals surface area contributed by atoms with Gasteiger partial charge in [-0.2, -0.15) is 13.2 Å². The van der Waals surface area contributed by atoms with Crippen LogP contribution >= 0.6 is 11.8 Å². The quantitative estimate of drug-likeness (QED) is 0.885. The lowest BCUT2D eigenvalue weighted by molar-refractivity contribution is -0.188. The number of anilines is 1. The average Bonchev–Trinajstić information content (AvgIpc) is 3.31. The highest BCUT2D eigenvalue weighted by atomic mass is 32.2. The van der Waals surface area contributed by atoms with Crippen LogP contribution in [0.1, 0.15) is 30.1 Å². The second-order valence-corrected chi connectivity index (χ2v) is 7.54. The van der Waals surface area contributed by atoms with E-state index < -0.39 is 12.3 Å². The molecule has 3 heterocycles. The van der Waals surface area contributed by atoms with Crippen LogP contribution in [-0.4, -0.2) is 40.8 Å². The highest BCUT2D eigenvalue weighted by Crippen LogP contribution is 2.48. The molecule has 1 aromatic carbocycles. The smallest absolute Gasteiger partial charge is 0.379 e. The number of allylic oxidation sites excluding steroid dienone is 1. The van der Waals surface area contributed by atoms with Crippen molar-refractivity contribution < 1.29 is 22.9 Å². The Morgan fingerprint density at radius 1 is 1.24 bits per heavy atom. The number of nitrogens with zero attached hydrogens (tertiary/aromatic N) is 3. The first-order valence-corrected chi connectivity index (χ1v) is 8.94. The summed E-state index contributed by atoms with van der Waals surface area (Å²) in [6.07, 6.45) is -2.97. The van der Waals surface area contributed by atoms with E-state index in [4.69, 9.17) is 4.63 Å². The third-order valence-electron chi connectivity index (χ3n) is 4.57. The van der Waals surface area contributed by atoms with Gasteiger partial charge in [-0.1, -0.05) is 6.08 Å². The number of rotatable bonds is 3. The van der Waals surface area contributed by atoms with Crippen molar-refractivity contribution in [1.82, 2.24) is 10.3 Å². The second kappa shape index (κ2) is 6.21. The van der Waals surface area contributed by atoms with Crippen LogP contribution in [0.3, 0.4) is 0 Å². The van der Waals surface area contributed by atoms with E-state index in [0.717, 1.165) is 48.9 Å². The van der Waals surface area contributed by atoms with Crippen molar-refractivity contribution in [3.8, 4) is 0 Å². The van der Waals surface area contributed by atoms with Crippen LogP contribution in [0.4, 0.5) is 18.9 Å². The number of aliphatic hydroxyl groups is 1. The lowest BCUT2D eigenvalue weighted by Crippen LogP contribution is -2.28. The highest BCUT2D eigenvalue weighted by Gasteiger charge is 2.43. The molecule has 9 heteroatoms. The maximum absolute atomic E-state index is 12.7. The van der Waals surface area contributed by atoms with Gasteiger partial charge in [0.15, 0.2) is 11.6 Å². The molecule has 0 saturated carbocycles. The number of hydrogen-bond acceptors (Lipinski definition) is 6. The standard InChI is InChI=1S/C16H16F3N3O2S/c17-16(18,19)15(23)13-4-3-12(25-13)9-7-10-14(21-24-20-10)11(8-9)22-5-1-2-6-22/h4,7-8,12,15,23H,1-3,5-6H2. The fourth-order valence-electron chi connectivity index (χ4n) is 3.30. The molecule has 0 radical (unpaired) electrons. The third kappa shape index (κ3) is 3.10. The summed E-state index contributed by atoms with van der Waals surface area (Å²) in [6.45, 7) is 1.83. The normalized spacial score (nSPS) is 22.6. The van der Waals surface area contributed by atoms with E-state index in [1.165, 1.54) is 6.08 Å². The van der Waals surface area contributed by atoms with Crippen LogP contribution in [0.15, 0.2) is 27.7 Å². The molecule has 0 amide bonds. The van der Waals surface area contributed by atoms with E-state index in [2.05, 4.69) is 15.2 Å². The molecule has 1 N–H and O–H groups in total. The molecule has 1 aromatic heterocycles. The summed E-state index contributed by atoms with van der Waals surface area (Å²) in [6, 6.07) is 3.77. The molecule has 5 nitrogen and oxygen atoms in total. The SMILES string of the molecule is OC(C1=CCC(c2cc(N3CCCC3)c3nonc3c2)S1)C(F)(F)F. The summed E-state index contributed by atoms with van der Waals surface area (Å²) >= 11 is 1.05. The molecule has 25 heavy (non-hydrogen) atoms. The summed E-state index contributed by atoms with van der Waals surface area (Å²) in [5.41, 5.74) is 3.06. The molecule has 2 aliphatic rings. The lowest BCUT2D eigenvalue weighted by atomic mass is 10.1. The van der Waals surface area contributed by atoms with Gasteiger partial charge in [-0.05, 0) is 47.3 Å². The van der Waals surface area contributed by atoms with Gasteiger partial charge in [0.25, 0.3) is 0 Å². The lowest BCUT2D eigenvalue weighted by Gasteiger charge is -2.20. The molecule has 2 unspecified atom stereocenters. The Morgan fingerprint density at radius 2 is 2.00 bits per heavy atom. The monoisotopic (exact) mass is 371 g/mol. The Labute approximate surface area is 145 Å². The molecule has 2 aliphatic heterocycles. The molecule has 1 saturated heterocycles. The van der Waals surface area contributed by atoms with Crippen LogP contribution in [0.25, 0.3) is 11.0 Å². The van der Waals surface area contributed by atoms with Gasteiger partial charge < -0.3 is 10.0 Å². The summed E-state index contributed by atoms with van der Waals surface area (Å²) in [5, 5.41) is 17.1. The molecule has 134 valence electrons. The van der Waals surface area contributed by atoms with E-state index in [0.29, 0.717) is 17.5 Å². The van der Waals surface area contributed by atoms with E-state index in [1.54, 1.807) is 6.07 Å². The number of benzene rings is 1. The average molecular weight is 371 g/mol. The second-order valence-electron chi connectivity index (χ2n) is 6.26. The van der Waals surface area contributed by atoms with Gasteiger partial charge in [-0.3, -0.25) is 0 Å². The Bertz CT molecular complexity index is 815. The minimum atomic E-state index is -4.64. The van der Waals surface area contributed by atoms with Crippen molar-refractivity contribution in [1.29, 1.82) is 0 Å². The molecule has 4 rings (SSSR count). The third-order valence-corrected chi connectivity index (χ3v) is 5.98. The zero-order valence-corrected chi connectivity index (χ0v) is 14.0. The number of alkyl halides is 3. The van der Waals surface area contributed by atoms with Crippen molar-refractivity contribution in [3.63, 3.8) is 0 Å². The summed E-state index contributed by atoms with van der Waals surface area (Å²) in [5.74, 6) is 0. The van der Waals surface area contributed by atoms with Gasteiger partial charge in [0.05, 0.1) is 5.69 Å². The van der Waals surface area contributed by atoms with Gasteiger partial charge in [-0.25, -0.2) is 4.63 Å². The maximum atomic E-state index is 12.7. The van der Waals surface area contributed by atoms with E-state index in [9.17, 15) is 18.3 Å². The van der Waals surface area contributed by atoms with Crippen molar-refractivity contribution in [2.75, 3.05) is 18.0 Å². The molecule has 0 aliphatic carbocycles. The minimum Gasteiger partial charge on any atom is -0.379 e. The van der Waals surface area contributed by atoms with Crippen molar-refractivity contribution in [2.45, 2.75) is 36.8 Å². The fraction of sp³-hybridized carbons (Fsp3) is 0.500. The largest absolute Gasteiger partial charge is 0.419 e. The topological polar surface area (TPSA) is 62.4 Å². The molecule has 2 atom stereocenters. The van der Waals surface area contributed by atoms with Crippen molar-refractivity contribution in [3.05, 3.63) is 28.7 Å². The Hall–Kier alpha value is -1.74. The van der Waals surface area contributed by atoms with Crippen LogP contribution in [0.5, 0.6) is 0 Å². The first-order chi connectivity index (χ1) is 11.9. The Kier molecular flexibility index (Phi) is 4.15. The Balaban J connectivity index is 1.62. The van der Waals surface area contributed by atoms with Gasteiger partial charge in [0.1, 0.15) is 5.52 Å². The Morgan fingerprint density at radius 3 is 2.72 bits per heavy atom. The van der Waals surface area contributed by atoms with Crippen LogP contribution < -0.4 is 4.90 Å². The van der Waals surface area contributed by atoms with Gasteiger partial charge in [0, 0.05) is 23.2 Å². The number of thioether (sulfide) groups is 1. The first kappa shape index (κ1) is 16.7. The predicted octanol–water partition coefficient (Wildman–Crippen LogP) is 3.81. The number of fused-ring (bicyclic) bond motifs is 1. The van der Waals surface area contributed by atoms with Crippen LogP contribution in [0, 0.1) is 0 Å². The van der Waals surface area contributed by atoms with Gasteiger partial charge in [-0.15, -0.1) is 11.8 Å². The van der Waals surface area contributed by atoms with Crippen LogP contribution in [0.2, 0.25) is 0 Å². The molecule has 2 aromatic rings. The van der Waals surface area contributed by atoms with E-state index in [-0.39, 0.29) is 10.2 Å². The zero-order valence-electron chi connectivity index (χ0n) is 13.2. The fourth-order valence-corrected chi connectivity index (χ4v) is 4.55. The summed E-state index contributed by atoms with van der Waals surface area (Å²) < 4.78 is 43.0. The summed E-state index contributed by atoms with van der Waals surface area (Å²) in [7, 11) is 0. The minimum absolute atomic E-state index is 0.0430. The number of aromatic nitrogens is 2. The molecule has 1 fully saturated rings. The first-order valence-electron chi connectivity index (χ1n) is 8.06. The molecule has 0 bridgehead atoms. The van der Waals surface area contributed by atoms with Crippen molar-refractivity contribution >= 4 is 28.5 Å². The number of hydrogen-bond donors (Lipinski definition) is 1. The molecule has 0 spiro atoms. The van der Waals surface area contributed by atoms with Crippen molar-refractivity contribution in [2.24, 2.45) is 0 Å². The number of aliphatic hydroxyl groups excluding tert-OH is 1. The van der Waals surface area contributed by atoms with Crippen LogP contribution in [-0.2, 0) is 0 Å². The zero-order chi connectivity index (χ0) is 17.6. The summed E-state index contributed by atoms with van der Waals surface area (Å²) in [4.78, 5) is 2.16. The predicted molar refractivity (Wildman–Crippen MR) is 88.3 cm³/mol. The maximum Gasteiger partial charge on any atom is 0.419 e. The molecular formula is C16H16F3N3O2S.